The average molecular weight is 361 g/mol. The van der Waals surface area contributed by atoms with Crippen molar-refractivity contribution in [1.29, 1.82) is 0 Å². The van der Waals surface area contributed by atoms with Crippen LogP contribution >= 0.6 is 11.3 Å². The SMILES string of the molecule is Cn1c(-c2ccc(NC(=O)CCc3ccsc3)cc2)nc2ccccc21. The van der Waals surface area contributed by atoms with Gasteiger partial charge in [0.25, 0.3) is 0 Å². The first kappa shape index (κ1) is 16.5. The molecule has 4 aromatic rings. The molecule has 0 bridgehead atoms. The number of amides is 1. The number of aromatic nitrogens is 2. The molecular formula is C21H19N3OS. The third-order valence-electron chi connectivity index (χ3n) is 4.43. The van der Waals surface area contributed by atoms with Gasteiger partial charge in [-0.3, -0.25) is 4.79 Å². The van der Waals surface area contributed by atoms with E-state index in [1.165, 1.54) is 5.56 Å². The molecule has 26 heavy (non-hydrogen) atoms. The van der Waals surface area contributed by atoms with E-state index in [4.69, 9.17) is 4.98 Å². The van der Waals surface area contributed by atoms with E-state index in [2.05, 4.69) is 27.4 Å². The van der Waals surface area contributed by atoms with Crippen LogP contribution in [0.15, 0.2) is 65.4 Å². The zero-order valence-corrected chi connectivity index (χ0v) is 15.3. The first-order valence-corrected chi connectivity index (χ1v) is 9.48. The summed E-state index contributed by atoms with van der Waals surface area (Å²) in [7, 11) is 2.02. The van der Waals surface area contributed by atoms with E-state index in [-0.39, 0.29) is 5.91 Å². The molecule has 0 fully saturated rings. The number of hydrogen-bond donors (Lipinski definition) is 1. The minimum absolute atomic E-state index is 0.0340. The van der Waals surface area contributed by atoms with Crippen molar-refractivity contribution in [1.82, 2.24) is 9.55 Å². The fourth-order valence-corrected chi connectivity index (χ4v) is 3.73. The number of thiophene rings is 1. The third-order valence-corrected chi connectivity index (χ3v) is 5.17. The summed E-state index contributed by atoms with van der Waals surface area (Å²) in [6.07, 6.45) is 1.26. The van der Waals surface area contributed by atoms with Gasteiger partial charge in [0.2, 0.25) is 5.91 Å². The largest absolute Gasteiger partial charge is 0.327 e. The number of carbonyl (C=O) groups excluding carboxylic acids is 1. The molecule has 2 aromatic carbocycles. The molecule has 0 spiro atoms. The normalized spacial score (nSPS) is 11.0. The molecule has 0 saturated carbocycles. The molecule has 0 unspecified atom stereocenters. The lowest BCUT2D eigenvalue weighted by Crippen LogP contribution is -2.12. The van der Waals surface area contributed by atoms with E-state index < -0.39 is 0 Å². The maximum Gasteiger partial charge on any atom is 0.224 e. The second-order valence-electron chi connectivity index (χ2n) is 6.24. The molecule has 0 aliphatic carbocycles. The molecule has 1 amide bonds. The molecule has 0 atom stereocenters. The van der Waals surface area contributed by atoms with Gasteiger partial charge >= 0.3 is 0 Å². The van der Waals surface area contributed by atoms with Crippen molar-refractivity contribution >= 4 is 34.0 Å². The lowest BCUT2D eigenvalue weighted by atomic mass is 10.1. The van der Waals surface area contributed by atoms with Gasteiger partial charge in [-0.2, -0.15) is 11.3 Å². The summed E-state index contributed by atoms with van der Waals surface area (Å²) in [5, 5.41) is 7.08. The van der Waals surface area contributed by atoms with E-state index in [1.807, 2.05) is 54.9 Å². The maximum absolute atomic E-state index is 12.1. The van der Waals surface area contributed by atoms with Gasteiger partial charge in [-0.05, 0) is 65.2 Å². The number of hydrogen-bond acceptors (Lipinski definition) is 3. The van der Waals surface area contributed by atoms with Gasteiger partial charge in [0.15, 0.2) is 0 Å². The predicted octanol–water partition coefficient (Wildman–Crippen LogP) is 4.87. The molecule has 4 nitrogen and oxygen atoms in total. The van der Waals surface area contributed by atoms with Crippen LogP contribution in [0.4, 0.5) is 5.69 Å². The number of nitrogens with one attached hydrogen (secondary N) is 1. The van der Waals surface area contributed by atoms with Gasteiger partial charge in [-0.15, -0.1) is 0 Å². The molecule has 0 saturated heterocycles. The lowest BCUT2D eigenvalue weighted by Gasteiger charge is -2.07. The number of rotatable bonds is 5. The Morgan fingerprint density at radius 2 is 1.92 bits per heavy atom. The second kappa shape index (κ2) is 7.14. The molecule has 1 N–H and O–H groups in total. The van der Waals surface area contributed by atoms with Gasteiger partial charge < -0.3 is 9.88 Å². The fraction of sp³-hybridized carbons (Fsp3) is 0.143. The van der Waals surface area contributed by atoms with E-state index >= 15 is 0 Å². The molecule has 4 rings (SSSR count). The van der Waals surface area contributed by atoms with Gasteiger partial charge in [0.05, 0.1) is 11.0 Å². The average Bonchev–Trinajstić information content (AvgIpc) is 3.29. The van der Waals surface area contributed by atoms with Crippen molar-refractivity contribution in [2.24, 2.45) is 7.05 Å². The first-order valence-electron chi connectivity index (χ1n) is 8.53. The Balaban J connectivity index is 1.46. The summed E-state index contributed by atoms with van der Waals surface area (Å²) in [6, 6.07) is 18.0. The Kier molecular flexibility index (Phi) is 4.54. The van der Waals surface area contributed by atoms with Crippen LogP contribution in [-0.4, -0.2) is 15.5 Å². The van der Waals surface area contributed by atoms with Crippen LogP contribution in [0, 0.1) is 0 Å². The highest BCUT2D eigenvalue weighted by atomic mass is 32.1. The highest BCUT2D eigenvalue weighted by Crippen LogP contribution is 2.24. The van der Waals surface area contributed by atoms with Crippen molar-refractivity contribution in [3.8, 4) is 11.4 Å². The van der Waals surface area contributed by atoms with E-state index in [9.17, 15) is 4.79 Å². The minimum Gasteiger partial charge on any atom is -0.327 e. The van der Waals surface area contributed by atoms with Crippen molar-refractivity contribution in [2.45, 2.75) is 12.8 Å². The quantitative estimate of drug-likeness (QED) is 0.551. The lowest BCUT2D eigenvalue weighted by molar-refractivity contribution is -0.116. The number of para-hydroxylation sites is 2. The van der Waals surface area contributed by atoms with Crippen molar-refractivity contribution in [3.63, 3.8) is 0 Å². The Morgan fingerprint density at radius 3 is 2.65 bits per heavy atom. The summed E-state index contributed by atoms with van der Waals surface area (Å²) >= 11 is 1.66. The van der Waals surface area contributed by atoms with Crippen LogP contribution in [0.3, 0.4) is 0 Å². The highest BCUT2D eigenvalue weighted by Gasteiger charge is 2.10. The summed E-state index contributed by atoms with van der Waals surface area (Å²) in [6.45, 7) is 0. The molecule has 2 aromatic heterocycles. The van der Waals surface area contributed by atoms with E-state index in [1.54, 1.807) is 11.3 Å². The Labute approximate surface area is 156 Å². The molecule has 0 radical (unpaired) electrons. The fourth-order valence-electron chi connectivity index (χ4n) is 3.02. The number of carbonyl (C=O) groups is 1. The Morgan fingerprint density at radius 1 is 1.12 bits per heavy atom. The van der Waals surface area contributed by atoms with Gasteiger partial charge in [0.1, 0.15) is 5.82 Å². The molecule has 130 valence electrons. The molecular weight excluding hydrogens is 342 g/mol. The first-order chi connectivity index (χ1) is 12.7. The monoisotopic (exact) mass is 361 g/mol. The molecule has 5 heteroatoms. The van der Waals surface area contributed by atoms with Crippen molar-refractivity contribution in [2.75, 3.05) is 5.32 Å². The minimum atomic E-state index is 0.0340. The third kappa shape index (κ3) is 3.39. The molecule has 0 aliphatic rings. The number of nitrogens with zero attached hydrogens (tertiary/aromatic N) is 2. The maximum atomic E-state index is 12.1. The number of aryl methyl sites for hydroxylation is 2. The van der Waals surface area contributed by atoms with Crippen LogP contribution in [0.25, 0.3) is 22.4 Å². The molecule has 2 heterocycles. The Hall–Kier alpha value is -2.92. The van der Waals surface area contributed by atoms with Crippen LogP contribution in [-0.2, 0) is 18.3 Å². The van der Waals surface area contributed by atoms with Crippen molar-refractivity contribution in [3.05, 3.63) is 70.9 Å². The van der Waals surface area contributed by atoms with Crippen LogP contribution in [0.2, 0.25) is 0 Å². The zero-order chi connectivity index (χ0) is 17.9. The van der Waals surface area contributed by atoms with Crippen LogP contribution in [0.5, 0.6) is 0 Å². The topological polar surface area (TPSA) is 46.9 Å². The van der Waals surface area contributed by atoms with E-state index in [0.717, 1.165) is 34.5 Å². The second-order valence-corrected chi connectivity index (χ2v) is 7.02. The predicted molar refractivity (Wildman–Crippen MR) is 107 cm³/mol. The smallest absolute Gasteiger partial charge is 0.224 e. The van der Waals surface area contributed by atoms with Gasteiger partial charge in [-0.1, -0.05) is 12.1 Å². The zero-order valence-electron chi connectivity index (χ0n) is 14.5. The van der Waals surface area contributed by atoms with Gasteiger partial charge in [0, 0.05) is 24.7 Å². The van der Waals surface area contributed by atoms with Crippen LogP contribution < -0.4 is 5.32 Å². The summed E-state index contributed by atoms with van der Waals surface area (Å²) in [4.78, 5) is 16.8. The molecule has 0 aliphatic heterocycles. The number of fused-ring (bicyclic) bond motifs is 1. The number of imidazole rings is 1. The number of benzene rings is 2. The van der Waals surface area contributed by atoms with E-state index in [0.29, 0.717) is 6.42 Å². The highest BCUT2D eigenvalue weighted by molar-refractivity contribution is 7.07. The number of anilines is 1. The summed E-state index contributed by atoms with van der Waals surface area (Å²) in [5.74, 6) is 0.952. The summed E-state index contributed by atoms with van der Waals surface area (Å²) in [5.41, 5.74) is 5.13. The Bertz CT molecular complexity index is 1030. The van der Waals surface area contributed by atoms with Crippen molar-refractivity contribution < 1.29 is 4.79 Å². The standard InChI is InChI=1S/C21H19N3OS/c1-24-19-5-3-2-4-18(19)23-21(24)16-7-9-17(10-8-16)22-20(25)11-6-15-12-13-26-14-15/h2-5,7-10,12-14H,6,11H2,1H3,(H,22,25). The van der Waals surface area contributed by atoms with Gasteiger partial charge in [-0.25, -0.2) is 4.98 Å². The van der Waals surface area contributed by atoms with Crippen LogP contribution in [0.1, 0.15) is 12.0 Å². The summed E-state index contributed by atoms with van der Waals surface area (Å²) < 4.78 is 2.09.